The summed E-state index contributed by atoms with van der Waals surface area (Å²) in [6.45, 7) is 0. The number of hydrogen-bond donors (Lipinski definition) is 1. The van der Waals surface area contributed by atoms with Crippen molar-refractivity contribution < 1.29 is 17.2 Å². The van der Waals surface area contributed by atoms with Crippen molar-refractivity contribution in [3.05, 3.63) is 22.9 Å². The maximum Gasteiger partial charge on any atom is 0.254 e. The van der Waals surface area contributed by atoms with Crippen molar-refractivity contribution in [2.45, 2.75) is 6.43 Å². The van der Waals surface area contributed by atoms with Gasteiger partial charge in [0.1, 0.15) is 5.75 Å². The van der Waals surface area contributed by atoms with E-state index in [1.165, 1.54) is 18.5 Å². The molecule has 1 rings (SSSR count). The predicted octanol–water partition coefficient (Wildman–Crippen LogP) is 1.85. The molecule has 15 heavy (non-hydrogen) atoms. The Kier molecular flexibility index (Phi) is 3.97. The first-order valence-electron chi connectivity index (χ1n) is 3.79. The summed E-state index contributed by atoms with van der Waals surface area (Å²) in [7, 11) is -4.01. The fourth-order valence-electron chi connectivity index (χ4n) is 0.833. The Morgan fingerprint density at radius 1 is 1.53 bits per heavy atom. The number of alkyl halides is 2. The van der Waals surface area contributed by atoms with Crippen LogP contribution in [0.5, 0.6) is 0 Å². The Morgan fingerprint density at radius 3 is 2.73 bits per heavy atom. The fourth-order valence-corrected chi connectivity index (χ4v) is 2.24. The third-order valence-electron chi connectivity index (χ3n) is 1.38. The Morgan fingerprint density at radius 2 is 2.20 bits per heavy atom. The number of pyridine rings is 1. The molecule has 0 bridgehead atoms. The molecule has 0 aliphatic carbocycles. The number of aromatic nitrogens is 1. The summed E-state index contributed by atoms with van der Waals surface area (Å²) in [5.41, 5.74) is 0.186. The van der Waals surface area contributed by atoms with E-state index in [0.29, 0.717) is 4.47 Å². The van der Waals surface area contributed by atoms with Gasteiger partial charge in [-0.2, -0.15) is 0 Å². The lowest BCUT2D eigenvalue weighted by Gasteiger charge is -2.08. The molecule has 0 saturated carbocycles. The monoisotopic (exact) mass is 300 g/mol. The van der Waals surface area contributed by atoms with Gasteiger partial charge in [0.2, 0.25) is 10.0 Å². The third kappa shape index (κ3) is 4.08. The largest absolute Gasteiger partial charge is 0.282 e. The van der Waals surface area contributed by atoms with E-state index < -0.39 is 22.2 Å². The van der Waals surface area contributed by atoms with Gasteiger partial charge in [0, 0.05) is 12.4 Å². The second kappa shape index (κ2) is 4.84. The van der Waals surface area contributed by atoms with Gasteiger partial charge in [-0.25, -0.2) is 17.2 Å². The van der Waals surface area contributed by atoms with Crippen LogP contribution in [0.1, 0.15) is 0 Å². The minimum absolute atomic E-state index is 0.186. The fraction of sp³-hybridized carbons (Fsp3) is 0.286. The zero-order chi connectivity index (χ0) is 11.5. The van der Waals surface area contributed by atoms with Crippen LogP contribution in [0.25, 0.3) is 0 Å². The first-order valence-corrected chi connectivity index (χ1v) is 6.23. The maximum atomic E-state index is 11.9. The molecule has 1 aromatic heterocycles. The number of halogens is 3. The molecule has 4 nitrogen and oxygen atoms in total. The van der Waals surface area contributed by atoms with Crippen LogP contribution >= 0.6 is 15.9 Å². The molecule has 0 amide bonds. The summed E-state index contributed by atoms with van der Waals surface area (Å²) >= 11 is 3.04. The SMILES string of the molecule is O=S(=O)(CC(F)F)Nc1ccncc1Br. The van der Waals surface area contributed by atoms with Gasteiger partial charge in [-0.1, -0.05) is 0 Å². The van der Waals surface area contributed by atoms with Gasteiger partial charge in [0.15, 0.2) is 0 Å². The van der Waals surface area contributed by atoms with Crippen LogP contribution < -0.4 is 4.72 Å². The Bertz CT molecular complexity index is 438. The van der Waals surface area contributed by atoms with Crippen LogP contribution in [0.3, 0.4) is 0 Å². The quantitative estimate of drug-likeness (QED) is 0.923. The molecule has 0 unspecified atom stereocenters. The first kappa shape index (κ1) is 12.3. The molecular weight excluding hydrogens is 294 g/mol. The third-order valence-corrected chi connectivity index (χ3v) is 3.24. The minimum Gasteiger partial charge on any atom is -0.282 e. The summed E-state index contributed by atoms with van der Waals surface area (Å²) < 4.78 is 48.5. The van der Waals surface area contributed by atoms with Crippen molar-refractivity contribution in [2.75, 3.05) is 10.5 Å². The van der Waals surface area contributed by atoms with Gasteiger partial charge < -0.3 is 0 Å². The maximum absolute atomic E-state index is 11.9. The highest BCUT2D eigenvalue weighted by atomic mass is 79.9. The molecule has 0 aliphatic heterocycles. The molecular formula is C7H7BrF2N2O2S. The number of anilines is 1. The summed E-state index contributed by atoms with van der Waals surface area (Å²) in [4.78, 5) is 3.71. The summed E-state index contributed by atoms with van der Waals surface area (Å²) in [6, 6.07) is 1.37. The van der Waals surface area contributed by atoms with Gasteiger partial charge in [0.05, 0.1) is 10.2 Å². The molecule has 0 atom stereocenters. The normalized spacial score (nSPS) is 11.7. The van der Waals surface area contributed by atoms with E-state index in [1.807, 2.05) is 4.72 Å². The second-order valence-electron chi connectivity index (χ2n) is 2.63. The zero-order valence-electron chi connectivity index (χ0n) is 7.32. The standard InChI is InChI=1S/C7H7BrF2N2O2S/c8-5-3-11-2-1-6(5)12-15(13,14)4-7(9)10/h1-3,7H,4H2,(H,11,12). The van der Waals surface area contributed by atoms with Gasteiger partial charge in [-0.3, -0.25) is 9.71 Å². The topological polar surface area (TPSA) is 59.1 Å². The van der Waals surface area contributed by atoms with Crippen molar-refractivity contribution in [3.63, 3.8) is 0 Å². The van der Waals surface area contributed by atoms with Gasteiger partial charge in [0.25, 0.3) is 6.43 Å². The molecule has 0 spiro atoms. The average molecular weight is 301 g/mol. The van der Waals surface area contributed by atoms with Gasteiger partial charge >= 0.3 is 0 Å². The lowest BCUT2D eigenvalue weighted by atomic mass is 10.4. The molecule has 0 saturated heterocycles. The summed E-state index contributed by atoms with van der Waals surface area (Å²) in [6.07, 6.45) is -0.186. The molecule has 0 radical (unpaired) electrons. The summed E-state index contributed by atoms with van der Waals surface area (Å²) in [5.74, 6) is -1.22. The van der Waals surface area contributed by atoms with Crippen LogP contribution in [0.15, 0.2) is 22.9 Å². The first-order chi connectivity index (χ1) is 6.91. The molecule has 0 aromatic carbocycles. The zero-order valence-corrected chi connectivity index (χ0v) is 9.72. The highest BCUT2D eigenvalue weighted by Crippen LogP contribution is 2.21. The average Bonchev–Trinajstić information content (AvgIpc) is 2.06. The highest BCUT2D eigenvalue weighted by Gasteiger charge is 2.18. The number of hydrogen-bond acceptors (Lipinski definition) is 3. The molecule has 8 heteroatoms. The predicted molar refractivity (Wildman–Crippen MR) is 55.4 cm³/mol. The van der Waals surface area contributed by atoms with E-state index in [4.69, 9.17) is 0 Å². The lowest BCUT2D eigenvalue weighted by molar-refractivity contribution is 0.174. The molecule has 0 aliphatic rings. The van der Waals surface area contributed by atoms with Gasteiger partial charge in [-0.05, 0) is 22.0 Å². The van der Waals surface area contributed by atoms with Gasteiger partial charge in [-0.15, -0.1) is 0 Å². The Balaban J connectivity index is 2.83. The van der Waals surface area contributed by atoms with Crippen LogP contribution in [0, 0.1) is 0 Å². The van der Waals surface area contributed by atoms with Crippen LogP contribution in [0.2, 0.25) is 0 Å². The smallest absolute Gasteiger partial charge is 0.254 e. The van der Waals surface area contributed by atoms with Crippen molar-refractivity contribution >= 4 is 31.6 Å². The van der Waals surface area contributed by atoms with E-state index in [9.17, 15) is 17.2 Å². The Hall–Kier alpha value is -0.760. The molecule has 1 heterocycles. The van der Waals surface area contributed by atoms with E-state index >= 15 is 0 Å². The molecule has 84 valence electrons. The van der Waals surface area contributed by atoms with Crippen molar-refractivity contribution in [1.82, 2.24) is 4.98 Å². The van der Waals surface area contributed by atoms with E-state index in [1.54, 1.807) is 0 Å². The molecule has 0 fully saturated rings. The number of nitrogens with one attached hydrogen (secondary N) is 1. The number of sulfonamides is 1. The van der Waals surface area contributed by atoms with Crippen LogP contribution in [-0.2, 0) is 10.0 Å². The minimum atomic E-state index is -4.01. The van der Waals surface area contributed by atoms with Crippen molar-refractivity contribution in [2.24, 2.45) is 0 Å². The van der Waals surface area contributed by atoms with Crippen LogP contribution in [0.4, 0.5) is 14.5 Å². The van der Waals surface area contributed by atoms with E-state index in [0.717, 1.165) is 0 Å². The van der Waals surface area contributed by atoms with Crippen molar-refractivity contribution in [1.29, 1.82) is 0 Å². The Labute approximate surface area is 93.9 Å². The number of rotatable bonds is 4. The molecule has 1 N–H and O–H groups in total. The van der Waals surface area contributed by atoms with E-state index in [2.05, 4.69) is 20.9 Å². The van der Waals surface area contributed by atoms with Crippen molar-refractivity contribution in [3.8, 4) is 0 Å². The number of nitrogens with zero attached hydrogens (tertiary/aromatic N) is 1. The highest BCUT2D eigenvalue weighted by molar-refractivity contribution is 9.10. The summed E-state index contributed by atoms with van der Waals surface area (Å²) in [5, 5.41) is 0. The van der Waals surface area contributed by atoms with E-state index in [-0.39, 0.29) is 5.69 Å². The second-order valence-corrected chi connectivity index (χ2v) is 5.25. The van der Waals surface area contributed by atoms with Crippen LogP contribution in [-0.4, -0.2) is 25.6 Å². The lowest BCUT2D eigenvalue weighted by Crippen LogP contribution is -2.21. The molecule has 1 aromatic rings.